The lowest BCUT2D eigenvalue weighted by molar-refractivity contribution is 0.837. The normalized spacial score (nSPS) is 13.2. The molecule has 5 heteroatoms. The topological polar surface area (TPSA) is 29.9 Å². The Balaban J connectivity index is 1.80. The Kier molecular flexibility index (Phi) is 3.43. The number of anilines is 1. The molecule has 0 amide bonds. The number of benzene rings is 1. The molecule has 1 N–H and O–H groups in total. The van der Waals surface area contributed by atoms with E-state index in [2.05, 4.69) is 29.8 Å². The van der Waals surface area contributed by atoms with E-state index in [9.17, 15) is 0 Å². The minimum absolute atomic E-state index is 0.761. The molecule has 22 heavy (non-hydrogen) atoms. The molecule has 0 saturated heterocycles. The van der Waals surface area contributed by atoms with E-state index in [0.717, 1.165) is 41.5 Å². The molecule has 1 aromatic carbocycles. The summed E-state index contributed by atoms with van der Waals surface area (Å²) < 4.78 is 2.04. The Morgan fingerprint density at radius 3 is 3.05 bits per heavy atom. The third kappa shape index (κ3) is 2.32. The number of nitrogens with one attached hydrogen (secondary N) is 1. The van der Waals surface area contributed by atoms with Crippen molar-refractivity contribution in [2.24, 2.45) is 0 Å². The molecule has 3 nitrogen and oxygen atoms in total. The Morgan fingerprint density at radius 2 is 2.27 bits per heavy atom. The molecular formula is C17H16ClN3S. The lowest BCUT2D eigenvalue weighted by Gasteiger charge is -2.09. The highest BCUT2D eigenvalue weighted by atomic mass is 35.5. The molecule has 0 atom stereocenters. The Hall–Kier alpha value is -1.78. The maximum atomic E-state index is 6.08. The average molecular weight is 330 g/mol. The first-order chi connectivity index (χ1) is 10.7. The van der Waals surface area contributed by atoms with Gasteiger partial charge in [0.2, 0.25) is 0 Å². The van der Waals surface area contributed by atoms with Crippen molar-refractivity contribution < 1.29 is 0 Å². The molecule has 0 spiro atoms. The standard InChI is InChI=1S/C17H16ClN3S/c1-11-9-12(18)4-5-16(11)21-17-14(6-7-19-17)15(20-21)10-13-3-2-8-22-13/h2-5,8-9,19H,6-7,10H2,1H3. The van der Waals surface area contributed by atoms with Gasteiger partial charge in [-0.15, -0.1) is 11.3 Å². The Bertz CT molecular complexity index is 821. The summed E-state index contributed by atoms with van der Waals surface area (Å²) in [5.74, 6) is 1.14. The van der Waals surface area contributed by atoms with E-state index in [0.29, 0.717) is 0 Å². The molecular weight excluding hydrogens is 314 g/mol. The minimum Gasteiger partial charge on any atom is -0.369 e. The van der Waals surface area contributed by atoms with Crippen molar-refractivity contribution >= 4 is 28.8 Å². The number of hydrogen-bond acceptors (Lipinski definition) is 3. The smallest absolute Gasteiger partial charge is 0.133 e. The number of aromatic nitrogens is 2. The zero-order valence-electron chi connectivity index (χ0n) is 12.3. The summed E-state index contributed by atoms with van der Waals surface area (Å²) in [7, 11) is 0. The van der Waals surface area contributed by atoms with Gasteiger partial charge >= 0.3 is 0 Å². The van der Waals surface area contributed by atoms with Gasteiger partial charge in [-0.05, 0) is 48.6 Å². The van der Waals surface area contributed by atoms with E-state index >= 15 is 0 Å². The molecule has 2 aromatic heterocycles. The summed E-state index contributed by atoms with van der Waals surface area (Å²) in [4.78, 5) is 1.35. The van der Waals surface area contributed by atoms with E-state index in [1.54, 1.807) is 11.3 Å². The highest BCUT2D eigenvalue weighted by Crippen LogP contribution is 2.32. The second-order valence-electron chi connectivity index (χ2n) is 5.55. The second-order valence-corrected chi connectivity index (χ2v) is 7.02. The SMILES string of the molecule is Cc1cc(Cl)ccc1-n1nc(Cc2cccs2)c2c1NCC2. The van der Waals surface area contributed by atoms with Crippen LogP contribution in [0.15, 0.2) is 35.7 Å². The van der Waals surface area contributed by atoms with Crippen LogP contribution in [0.4, 0.5) is 5.82 Å². The average Bonchev–Trinajstić information content (AvgIpc) is 3.19. The largest absolute Gasteiger partial charge is 0.369 e. The first-order valence-electron chi connectivity index (χ1n) is 7.36. The second kappa shape index (κ2) is 5.45. The van der Waals surface area contributed by atoms with Crippen molar-refractivity contribution in [3.8, 4) is 5.69 Å². The van der Waals surface area contributed by atoms with Crippen LogP contribution in [0, 0.1) is 6.92 Å². The van der Waals surface area contributed by atoms with Crippen LogP contribution in [0.25, 0.3) is 5.69 Å². The predicted molar refractivity (Wildman–Crippen MR) is 92.6 cm³/mol. The summed E-state index contributed by atoms with van der Waals surface area (Å²) >= 11 is 7.86. The zero-order chi connectivity index (χ0) is 15.1. The summed E-state index contributed by atoms with van der Waals surface area (Å²) in [5, 5.41) is 11.2. The van der Waals surface area contributed by atoms with Gasteiger partial charge in [0.1, 0.15) is 5.82 Å². The number of hydrogen-bond donors (Lipinski definition) is 1. The molecule has 0 bridgehead atoms. The number of halogens is 1. The third-order valence-electron chi connectivity index (χ3n) is 4.04. The van der Waals surface area contributed by atoms with Crippen molar-refractivity contribution in [1.82, 2.24) is 9.78 Å². The van der Waals surface area contributed by atoms with Gasteiger partial charge in [-0.25, -0.2) is 4.68 Å². The van der Waals surface area contributed by atoms with Gasteiger partial charge in [0.15, 0.2) is 0 Å². The molecule has 1 aliphatic rings. The van der Waals surface area contributed by atoms with E-state index in [-0.39, 0.29) is 0 Å². The van der Waals surface area contributed by atoms with Crippen molar-refractivity contribution in [1.29, 1.82) is 0 Å². The summed E-state index contributed by atoms with van der Waals surface area (Å²) in [5.41, 5.74) is 4.75. The minimum atomic E-state index is 0.761. The number of thiophene rings is 1. The van der Waals surface area contributed by atoms with Crippen molar-refractivity contribution in [3.63, 3.8) is 0 Å². The summed E-state index contributed by atoms with van der Waals surface area (Å²) in [6.07, 6.45) is 1.95. The molecule has 4 rings (SSSR count). The van der Waals surface area contributed by atoms with Crippen molar-refractivity contribution in [2.45, 2.75) is 19.8 Å². The van der Waals surface area contributed by atoms with Gasteiger partial charge in [-0.1, -0.05) is 17.7 Å². The van der Waals surface area contributed by atoms with Crippen LogP contribution in [0.5, 0.6) is 0 Å². The van der Waals surface area contributed by atoms with Crippen LogP contribution < -0.4 is 5.32 Å². The molecule has 112 valence electrons. The number of rotatable bonds is 3. The van der Waals surface area contributed by atoms with E-state index in [1.807, 2.05) is 22.9 Å². The van der Waals surface area contributed by atoms with Gasteiger partial charge in [0.25, 0.3) is 0 Å². The van der Waals surface area contributed by atoms with E-state index < -0.39 is 0 Å². The van der Waals surface area contributed by atoms with Crippen LogP contribution >= 0.6 is 22.9 Å². The fraction of sp³-hybridized carbons (Fsp3) is 0.235. The maximum absolute atomic E-state index is 6.08. The quantitative estimate of drug-likeness (QED) is 0.769. The molecule has 0 saturated carbocycles. The molecule has 3 aromatic rings. The Labute approximate surface area is 138 Å². The first-order valence-corrected chi connectivity index (χ1v) is 8.61. The zero-order valence-corrected chi connectivity index (χ0v) is 13.8. The van der Waals surface area contributed by atoms with Gasteiger partial charge in [0, 0.05) is 28.4 Å². The van der Waals surface area contributed by atoms with Crippen LogP contribution in [0.2, 0.25) is 5.02 Å². The predicted octanol–water partition coefficient (Wildman–Crippen LogP) is 4.45. The molecule has 0 aliphatic carbocycles. The van der Waals surface area contributed by atoms with E-state index in [4.69, 9.17) is 16.7 Å². The fourth-order valence-electron chi connectivity index (χ4n) is 3.00. The molecule has 0 fully saturated rings. The molecule has 3 heterocycles. The van der Waals surface area contributed by atoms with Gasteiger partial charge in [-0.3, -0.25) is 0 Å². The monoisotopic (exact) mass is 329 g/mol. The van der Waals surface area contributed by atoms with Gasteiger partial charge in [0.05, 0.1) is 11.4 Å². The van der Waals surface area contributed by atoms with Gasteiger partial charge < -0.3 is 5.32 Å². The van der Waals surface area contributed by atoms with Crippen molar-refractivity contribution in [3.05, 3.63) is 62.4 Å². The highest BCUT2D eigenvalue weighted by Gasteiger charge is 2.23. The Morgan fingerprint density at radius 1 is 1.36 bits per heavy atom. The maximum Gasteiger partial charge on any atom is 0.133 e. The van der Waals surface area contributed by atoms with Crippen LogP contribution in [-0.4, -0.2) is 16.3 Å². The molecule has 1 aliphatic heterocycles. The third-order valence-corrected chi connectivity index (χ3v) is 5.15. The lowest BCUT2D eigenvalue weighted by atomic mass is 10.1. The van der Waals surface area contributed by atoms with E-state index in [1.165, 1.54) is 16.1 Å². The summed E-state index contributed by atoms with van der Waals surface area (Å²) in [6, 6.07) is 10.2. The number of nitrogens with zero attached hydrogens (tertiary/aromatic N) is 2. The first kappa shape index (κ1) is 13.9. The number of aryl methyl sites for hydroxylation is 1. The van der Waals surface area contributed by atoms with Crippen LogP contribution in [0.1, 0.15) is 21.7 Å². The molecule has 0 unspecified atom stereocenters. The van der Waals surface area contributed by atoms with Crippen molar-refractivity contribution in [2.75, 3.05) is 11.9 Å². The number of fused-ring (bicyclic) bond motifs is 1. The highest BCUT2D eigenvalue weighted by molar-refractivity contribution is 7.09. The molecule has 0 radical (unpaired) electrons. The summed E-state index contributed by atoms with van der Waals surface area (Å²) in [6.45, 7) is 3.06. The van der Waals surface area contributed by atoms with Gasteiger partial charge in [-0.2, -0.15) is 5.10 Å². The van der Waals surface area contributed by atoms with Crippen LogP contribution in [0.3, 0.4) is 0 Å². The van der Waals surface area contributed by atoms with Crippen LogP contribution in [-0.2, 0) is 12.8 Å². The lowest BCUT2D eigenvalue weighted by Crippen LogP contribution is -2.06. The fourth-order valence-corrected chi connectivity index (χ4v) is 3.93.